The molecule has 0 saturated carbocycles. The van der Waals surface area contributed by atoms with Gasteiger partial charge in [-0.1, -0.05) is 26.0 Å². The lowest BCUT2D eigenvalue weighted by Gasteiger charge is -2.14. The topological polar surface area (TPSA) is 89.6 Å². The van der Waals surface area contributed by atoms with Gasteiger partial charge >= 0.3 is 0 Å². The van der Waals surface area contributed by atoms with Crippen LogP contribution in [0.3, 0.4) is 0 Å². The van der Waals surface area contributed by atoms with Crippen molar-refractivity contribution >= 4 is 28.2 Å². The van der Waals surface area contributed by atoms with Crippen LogP contribution in [0.1, 0.15) is 20.8 Å². The maximum absolute atomic E-state index is 12.4. The zero-order valence-electron chi connectivity index (χ0n) is 13.0. The minimum atomic E-state index is -1.92. The second-order valence-corrected chi connectivity index (χ2v) is 6.52. The number of carbonyl (C=O) groups excluding carboxylic acids is 1. The minimum absolute atomic E-state index is 0.0107. The average molecular weight is 332 g/mol. The number of rotatable bonds is 4. The van der Waals surface area contributed by atoms with Crippen LogP contribution >= 0.6 is 0 Å². The van der Waals surface area contributed by atoms with Crippen LogP contribution in [-0.2, 0) is 15.8 Å². The van der Waals surface area contributed by atoms with E-state index in [2.05, 4.69) is 4.40 Å². The highest BCUT2D eigenvalue weighted by molar-refractivity contribution is 7.84. The second kappa shape index (κ2) is 6.78. The summed E-state index contributed by atoms with van der Waals surface area (Å²) in [6.45, 7) is 5.46. The van der Waals surface area contributed by atoms with Gasteiger partial charge in [0.1, 0.15) is 4.90 Å². The molecule has 0 radical (unpaired) electrons. The van der Waals surface area contributed by atoms with Gasteiger partial charge in [0.15, 0.2) is 16.8 Å². The largest absolute Gasteiger partial charge is 0.290 e. The predicted octanol–water partition coefficient (Wildman–Crippen LogP) is 3.17. The van der Waals surface area contributed by atoms with Crippen molar-refractivity contribution in [3.8, 4) is 0 Å². The van der Waals surface area contributed by atoms with Crippen LogP contribution in [0.2, 0.25) is 0 Å². The van der Waals surface area contributed by atoms with E-state index in [-0.39, 0.29) is 22.3 Å². The number of benzene rings is 1. The lowest BCUT2D eigenvalue weighted by Crippen LogP contribution is -2.16. The van der Waals surface area contributed by atoms with Gasteiger partial charge in [-0.3, -0.25) is 14.9 Å². The monoisotopic (exact) mass is 332 g/mol. The molecule has 1 aliphatic carbocycles. The summed E-state index contributed by atoms with van der Waals surface area (Å²) in [6.07, 6.45) is 3.06. The molecule has 1 unspecified atom stereocenters. The summed E-state index contributed by atoms with van der Waals surface area (Å²) in [5.41, 5.74) is 1.33. The molecule has 7 heteroatoms. The number of hydrogen-bond acceptors (Lipinski definition) is 4. The lowest BCUT2D eigenvalue weighted by molar-refractivity contribution is -0.387. The first-order chi connectivity index (χ1) is 10.8. The zero-order valence-corrected chi connectivity index (χ0v) is 13.8. The summed E-state index contributed by atoms with van der Waals surface area (Å²) in [5.74, 6) is -0.0792. The number of hydrogen-bond donors (Lipinski definition) is 0. The van der Waals surface area contributed by atoms with Crippen LogP contribution in [0.4, 0.5) is 5.69 Å². The molecular formula is C16H16N2O4S. The Morgan fingerprint density at radius 2 is 1.87 bits per heavy atom. The van der Waals surface area contributed by atoms with Crippen LogP contribution in [0.15, 0.2) is 56.9 Å². The molecule has 6 nitrogen and oxygen atoms in total. The van der Waals surface area contributed by atoms with Crippen LogP contribution in [0.5, 0.6) is 0 Å². The van der Waals surface area contributed by atoms with E-state index in [1.807, 2.05) is 13.8 Å². The smallest absolute Gasteiger partial charge is 0.287 e. The normalized spacial score (nSPS) is 17.9. The second-order valence-electron chi connectivity index (χ2n) is 5.40. The molecule has 0 bridgehead atoms. The van der Waals surface area contributed by atoms with E-state index >= 15 is 0 Å². The highest BCUT2D eigenvalue weighted by Crippen LogP contribution is 2.24. The van der Waals surface area contributed by atoms with Gasteiger partial charge in [0.05, 0.1) is 10.6 Å². The summed E-state index contributed by atoms with van der Waals surface area (Å²) < 4.78 is 16.5. The van der Waals surface area contributed by atoms with Gasteiger partial charge in [0.25, 0.3) is 5.69 Å². The molecule has 23 heavy (non-hydrogen) atoms. The Labute approximate surface area is 136 Å². The fourth-order valence-corrected chi connectivity index (χ4v) is 3.12. The molecule has 0 spiro atoms. The maximum atomic E-state index is 12.4. The molecule has 0 N–H and O–H groups in total. The molecule has 120 valence electrons. The summed E-state index contributed by atoms with van der Waals surface area (Å²) >= 11 is 0. The first kappa shape index (κ1) is 17.0. The predicted molar refractivity (Wildman–Crippen MR) is 88.6 cm³/mol. The van der Waals surface area contributed by atoms with E-state index in [4.69, 9.17) is 0 Å². The zero-order chi connectivity index (χ0) is 17.1. The molecule has 1 aromatic rings. The Balaban J connectivity index is 2.45. The average Bonchev–Trinajstić information content (AvgIpc) is 2.49. The molecular weight excluding hydrogens is 316 g/mol. The number of nitrogens with zero attached hydrogens (tertiary/aromatic N) is 2. The van der Waals surface area contributed by atoms with E-state index < -0.39 is 15.9 Å². The Hall–Kier alpha value is -2.41. The highest BCUT2D eigenvalue weighted by atomic mass is 32.2. The number of para-hydroxylation sites is 1. The molecule has 0 aromatic heterocycles. The molecule has 2 rings (SSSR count). The van der Waals surface area contributed by atoms with Crippen molar-refractivity contribution in [3.63, 3.8) is 0 Å². The van der Waals surface area contributed by atoms with Gasteiger partial charge in [-0.25, -0.2) is 4.21 Å². The molecule has 0 amide bonds. The Kier molecular flexibility index (Phi) is 5.00. The Bertz CT molecular complexity index is 791. The first-order valence-electron chi connectivity index (χ1n) is 7.00. The molecule has 1 aliphatic rings. The number of allylic oxidation sites excluding steroid dienone is 4. The number of nitro benzene ring substituents is 1. The summed E-state index contributed by atoms with van der Waals surface area (Å²) in [6, 6.07) is 5.78. The number of ketones is 1. The number of nitro groups is 1. The van der Waals surface area contributed by atoms with Gasteiger partial charge in [-0.2, -0.15) is 4.40 Å². The molecule has 0 aliphatic heterocycles. The van der Waals surface area contributed by atoms with E-state index in [0.29, 0.717) is 16.9 Å². The van der Waals surface area contributed by atoms with Gasteiger partial charge in [-0.15, -0.1) is 0 Å². The van der Waals surface area contributed by atoms with Gasteiger partial charge in [-0.05, 0) is 36.6 Å². The van der Waals surface area contributed by atoms with Crippen molar-refractivity contribution in [3.05, 3.63) is 57.7 Å². The molecule has 0 saturated heterocycles. The molecule has 1 aromatic carbocycles. The summed E-state index contributed by atoms with van der Waals surface area (Å²) in [7, 11) is -1.92. The third-order valence-electron chi connectivity index (χ3n) is 3.38. The minimum Gasteiger partial charge on any atom is -0.290 e. The summed E-state index contributed by atoms with van der Waals surface area (Å²) in [5, 5.41) is 11.0. The van der Waals surface area contributed by atoms with Crippen LogP contribution < -0.4 is 0 Å². The Morgan fingerprint density at radius 1 is 1.22 bits per heavy atom. The molecule has 0 fully saturated rings. The Morgan fingerprint density at radius 3 is 2.48 bits per heavy atom. The van der Waals surface area contributed by atoms with Gasteiger partial charge in [0, 0.05) is 11.6 Å². The van der Waals surface area contributed by atoms with Crippen LogP contribution in [0, 0.1) is 16.0 Å². The first-order valence-corrected chi connectivity index (χ1v) is 8.10. The molecule has 0 heterocycles. The highest BCUT2D eigenvalue weighted by Gasteiger charge is 2.22. The number of carbonyl (C=O) groups is 1. The fraction of sp³-hybridized carbons (Fsp3) is 0.250. The third-order valence-corrected chi connectivity index (χ3v) is 4.47. The van der Waals surface area contributed by atoms with Crippen molar-refractivity contribution in [2.45, 2.75) is 25.7 Å². The van der Waals surface area contributed by atoms with Crippen molar-refractivity contribution in [1.82, 2.24) is 0 Å². The van der Waals surface area contributed by atoms with Gasteiger partial charge < -0.3 is 0 Å². The van der Waals surface area contributed by atoms with Gasteiger partial charge in [0.2, 0.25) is 0 Å². The molecule has 1 atom stereocenters. The van der Waals surface area contributed by atoms with E-state index in [0.717, 1.165) is 0 Å². The van der Waals surface area contributed by atoms with E-state index in [9.17, 15) is 19.1 Å². The van der Waals surface area contributed by atoms with Crippen LogP contribution in [-0.4, -0.2) is 20.6 Å². The van der Waals surface area contributed by atoms with Crippen molar-refractivity contribution in [2.24, 2.45) is 10.3 Å². The van der Waals surface area contributed by atoms with E-state index in [1.165, 1.54) is 24.3 Å². The SMILES string of the molecule is CC1=CC(=O)C(C(C)C)=CC1=NS(=O)c1ccccc1[N+](=O)[O-]. The summed E-state index contributed by atoms with van der Waals surface area (Å²) in [4.78, 5) is 22.4. The standard InChI is InChI=1S/C16H16N2O4S/c1-10(2)12-9-13(11(3)8-15(12)19)17-23(22)16-7-5-4-6-14(16)18(20)21/h4-10H,1-3H3. The van der Waals surface area contributed by atoms with E-state index in [1.54, 1.807) is 19.1 Å². The fourth-order valence-electron chi connectivity index (χ4n) is 2.13. The quantitative estimate of drug-likeness (QED) is 0.481. The van der Waals surface area contributed by atoms with Crippen molar-refractivity contribution in [2.75, 3.05) is 0 Å². The lowest BCUT2D eigenvalue weighted by atomic mass is 9.90. The van der Waals surface area contributed by atoms with Crippen molar-refractivity contribution < 1.29 is 13.9 Å². The maximum Gasteiger partial charge on any atom is 0.287 e. The third kappa shape index (κ3) is 3.68. The van der Waals surface area contributed by atoms with Crippen molar-refractivity contribution in [1.29, 1.82) is 0 Å². The van der Waals surface area contributed by atoms with Crippen LogP contribution in [0.25, 0.3) is 0 Å².